The number of nitrogens with zero attached hydrogens (tertiary/aromatic N) is 2. The van der Waals surface area contributed by atoms with Crippen LogP contribution in [0.15, 0.2) is 24.3 Å². The van der Waals surface area contributed by atoms with E-state index in [0.717, 1.165) is 49.7 Å². The summed E-state index contributed by atoms with van der Waals surface area (Å²) in [6, 6.07) is 8.22. The molecule has 1 N–H and O–H groups in total. The predicted octanol–water partition coefficient (Wildman–Crippen LogP) is 2.77. The molecular formula is C17H26ClN3O. The second-order valence-corrected chi connectivity index (χ2v) is 6.44. The molecule has 0 saturated carbocycles. The van der Waals surface area contributed by atoms with Crippen LogP contribution in [0, 0.1) is 0 Å². The zero-order chi connectivity index (χ0) is 15.9. The Hall–Kier alpha value is -1.26. The second-order valence-electron chi connectivity index (χ2n) is 6.00. The number of hydrogen-bond acceptors (Lipinski definition) is 3. The van der Waals surface area contributed by atoms with E-state index >= 15 is 0 Å². The molecule has 5 heteroatoms. The number of anilines is 1. The Labute approximate surface area is 138 Å². The molecule has 1 atom stereocenters. The fourth-order valence-corrected chi connectivity index (χ4v) is 3.05. The zero-order valence-corrected chi connectivity index (χ0v) is 14.3. The van der Waals surface area contributed by atoms with Crippen molar-refractivity contribution in [3.05, 3.63) is 29.3 Å². The second kappa shape index (κ2) is 8.39. The summed E-state index contributed by atoms with van der Waals surface area (Å²) in [6.45, 7) is 8.37. The Morgan fingerprint density at radius 1 is 1.32 bits per heavy atom. The molecule has 4 nitrogen and oxygen atoms in total. The van der Waals surface area contributed by atoms with Gasteiger partial charge in [-0.3, -0.25) is 9.69 Å². The van der Waals surface area contributed by atoms with Gasteiger partial charge in [0.05, 0.1) is 6.54 Å². The lowest BCUT2D eigenvalue weighted by atomic mass is 10.2. The Morgan fingerprint density at radius 3 is 2.68 bits per heavy atom. The Balaban J connectivity index is 1.76. The van der Waals surface area contributed by atoms with E-state index in [0.29, 0.717) is 6.54 Å². The molecule has 0 spiro atoms. The van der Waals surface area contributed by atoms with E-state index in [-0.39, 0.29) is 11.9 Å². The highest BCUT2D eigenvalue weighted by atomic mass is 35.5. The van der Waals surface area contributed by atoms with Gasteiger partial charge in [-0.2, -0.15) is 0 Å². The Kier molecular flexibility index (Phi) is 6.52. The van der Waals surface area contributed by atoms with Crippen LogP contribution in [-0.2, 0) is 4.79 Å². The van der Waals surface area contributed by atoms with Gasteiger partial charge < -0.3 is 10.2 Å². The summed E-state index contributed by atoms with van der Waals surface area (Å²) in [5.41, 5.74) is 1.16. The third-order valence-corrected chi connectivity index (χ3v) is 4.28. The van der Waals surface area contributed by atoms with Crippen molar-refractivity contribution in [1.29, 1.82) is 0 Å². The summed E-state index contributed by atoms with van der Waals surface area (Å²) >= 11 is 6.05. The topological polar surface area (TPSA) is 35.6 Å². The lowest BCUT2D eigenvalue weighted by Crippen LogP contribution is -2.50. The normalized spacial score (nSPS) is 17.3. The first-order valence-corrected chi connectivity index (χ1v) is 8.48. The van der Waals surface area contributed by atoms with E-state index in [2.05, 4.69) is 35.0 Å². The van der Waals surface area contributed by atoms with Crippen molar-refractivity contribution in [2.45, 2.75) is 32.7 Å². The number of carbonyl (C=O) groups excluding carboxylic acids is 1. The predicted molar refractivity (Wildman–Crippen MR) is 92.6 cm³/mol. The standard InChI is InChI=1S/C17H26ClN3O/c1-3-5-14(2)19-17(22)13-20-8-10-21(11-9-20)16-7-4-6-15(18)12-16/h4,6-7,12,14H,3,5,8-11,13H2,1-2H3,(H,19,22). The molecule has 1 aliphatic heterocycles. The Morgan fingerprint density at radius 2 is 2.05 bits per heavy atom. The van der Waals surface area contributed by atoms with Gasteiger partial charge >= 0.3 is 0 Å². The van der Waals surface area contributed by atoms with Gasteiger partial charge in [-0.05, 0) is 31.5 Å². The number of hydrogen-bond donors (Lipinski definition) is 1. The van der Waals surface area contributed by atoms with Gasteiger partial charge in [-0.1, -0.05) is 31.0 Å². The number of carbonyl (C=O) groups is 1. The molecule has 1 fully saturated rings. The highest BCUT2D eigenvalue weighted by Gasteiger charge is 2.19. The van der Waals surface area contributed by atoms with Gasteiger partial charge in [0.1, 0.15) is 0 Å². The highest BCUT2D eigenvalue weighted by molar-refractivity contribution is 6.30. The molecule has 0 radical (unpaired) electrons. The molecule has 0 aromatic heterocycles. The molecular weight excluding hydrogens is 298 g/mol. The first kappa shape index (κ1) is 17.1. The largest absolute Gasteiger partial charge is 0.369 e. The first-order valence-electron chi connectivity index (χ1n) is 8.10. The van der Waals surface area contributed by atoms with Crippen LogP contribution in [0.25, 0.3) is 0 Å². The minimum atomic E-state index is 0.136. The van der Waals surface area contributed by atoms with Crippen molar-refractivity contribution in [2.24, 2.45) is 0 Å². The third-order valence-electron chi connectivity index (χ3n) is 4.04. The van der Waals surface area contributed by atoms with Crippen LogP contribution in [0.1, 0.15) is 26.7 Å². The summed E-state index contributed by atoms with van der Waals surface area (Å²) in [4.78, 5) is 16.5. The van der Waals surface area contributed by atoms with E-state index in [1.807, 2.05) is 18.2 Å². The van der Waals surface area contributed by atoms with Crippen LogP contribution in [0.5, 0.6) is 0 Å². The van der Waals surface area contributed by atoms with Crippen molar-refractivity contribution >= 4 is 23.2 Å². The monoisotopic (exact) mass is 323 g/mol. The van der Waals surface area contributed by atoms with Crippen molar-refractivity contribution < 1.29 is 4.79 Å². The smallest absolute Gasteiger partial charge is 0.234 e. The van der Waals surface area contributed by atoms with Crippen LogP contribution in [0.3, 0.4) is 0 Å². The highest BCUT2D eigenvalue weighted by Crippen LogP contribution is 2.20. The maximum atomic E-state index is 12.0. The van der Waals surface area contributed by atoms with Crippen molar-refractivity contribution in [1.82, 2.24) is 10.2 Å². The lowest BCUT2D eigenvalue weighted by Gasteiger charge is -2.36. The van der Waals surface area contributed by atoms with E-state index in [4.69, 9.17) is 11.6 Å². The first-order chi connectivity index (χ1) is 10.6. The van der Waals surface area contributed by atoms with Gasteiger partial charge in [0.15, 0.2) is 0 Å². The van der Waals surface area contributed by atoms with E-state index in [1.54, 1.807) is 0 Å². The molecule has 1 aromatic rings. The number of halogens is 1. The van der Waals surface area contributed by atoms with Crippen LogP contribution in [-0.4, -0.2) is 49.6 Å². The van der Waals surface area contributed by atoms with Crippen LogP contribution in [0.4, 0.5) is 5.69 Å². The molecule has 22 heavy (non-hydrogen) atoms. The minimum Gasteiger partial charge on any atom is -0.369 e. The van der Waals surface area contributed by atoms with Crippen molar-refractivity contribution in [3.63, 3.8) is 0 Å². The summed E-state index contributed by atoms with van der Waals surface area (Å²) in [5, 5.41) is 3.83. The molecule has 0 bridgehead atoms. The summed E-state index contributed by atoms with van der Waals surface area (Å²) in [6.07, 6.45) is 2.13. The molecule has 122 valence electrons. The van der Waals surface area contributed by atoms with Gasteiger partial charge in [-0.25, -0.2) is 0 Å². The number of benzene rings is 1. The van der Waals surface area contributed by atoms with E-state index < -0.39 is 0 Å². The average Bonchev–Trinajstić information content (AvgIpc) is 2.48. The molecule has 1 unspecified atom stereocenters. The fourth-order valence-electron chi connectivity index (χ4n) is 2.87. The van der Waals surface area contributed by atoms with Gasteiger partial charge in [0.25, 0.3) is 0 Å². The third kappa shape index (κ3) is 5.18. The molecule has 1 aromatic carbocycles. The number of nitrogens with one attached hydrogen (secondary N) is 1. The van der Waals surface area contributed by atoms with Crippen LogP contribution in [0.2, 0.25) is 5.02 Å². The maximum absolute atomic E-state index is 12.0. The molecule has 1 heterocycles. The minimum absolute atomic E-state index is 0.136. The zero-order valence-electron chi connectivity index (χ0n) is 13.5. The summed E-state index contributed by atoms with van der Waals surface area (Å²) in [7, 11) is 0. The average molecular weight is 324 g/mol. The van der Waals surface area contributed by atoms with Crippen molar-refractivity contribution in [2.75, 3.05) is 37.6 Å². The van der Waals surface area contributed by atoms with Crippen molar-refractivity contribution in [3.8, 4) is 0 Å². The van der Waals surface area contributed by atoms with Gasteiger partial charge in [0.2, 0.25) is 5.91 Å². The van der Waals surface area contributed by atoms with Gasteiger partial charge in [-0.15, -0.1) is 0 Å². The van der Waals surface area contributed by atoms with Crippen LogP contribution < -0.4 is 10.2 Å². The molecule has 0 aliphatic carbocycles. The fraction of sp³-hybridized carbons (Fsp3) is 0.588. The van der Waals surface area contributed by atoms with E-state index in [9.17, 15) is 4.79 Å². The number of amides is 1. The summed E-state index contributed by atoms with van der Waals surface area (Å²) < 4.78 is 0. The molecule has 1 saturated heterocycles. The molecule has 1 aliphatic rings. The SMILES string of the molecule is CCCC(C)NC(=O)CN1CCN(c2cccc(Cl)c2)CC1. The van der Waals surface area contributed by atoms with E-state index in [1.165, 1.54) is 0 Å². The summed E-state index contributed by atoms with van der Waals surface area (Å²) in [5.74, 6) is 0.136. The van der Waals surface area contributed by atoms with Crippen LogP contribution >= 0.6 is 11.6 Å². The van der Waals surface area contributed by atoms with Gasteiger partial charge in [0, 0.05) is 42.9 Å². The number of piperazine rings is 1. The quantitative estimate of drug-likeness (QED) is 0.874. The molecule has 1 amide bonds. The lowest BCUT2D eigenvalue weighted by molar-refractivity contribution is -0.122. The Bertz CT molecular complexity index is 487. The number of rotatable bonds is 6. The molecule has 2 rings (SSSR count). The maximum Gasteiger partial charge on any atom is 0.234 e.